The molecule has 1 atom stereocenters. The number of nitrogens with zero attached hydrogens (tertiary/aromatic N) is 4. The largest absolute Gasteiger partial charge is 0.361 e. The van der Waals surface area contributed by atoms with Crippen molar-refractivity contribution in [2.45, 2.75) is 52.1 Å². The number of amides is 2. The summed E-state index contributed by atoms with van der Waals surface area (Å²) >= 11 is 0. The zero-order chi connectivity index (χ0) is 20.4. The summed E-state index contributed by atoms with van der Waals surface area (Å²) in [5.74, 6) is 0.209. The first-order valence-corrected chi connectivity index (χ1v) is 9.08. The Morgan fingerprint density at radius 1 is 1.39 bits per heavy atom. The molecule has 8 nitrogen and oxygen atoms in total. The van der Waals surface area contributed by atoms with Crippen LogP contribution >= 0.6 is 0 Å². The van der Waals surface area contributed by atoms with E-state index in [-0.39, 0.29) is 17.6 Å². The van der Waals surface area contributed by atoms with Gasteiger partial charge in [0.25, 0.3) is 12.3 Å². The number of hydrogen-bond donors (Lipinski definition) is 1. The topological polar surface area (TPSA) is 93.3 Å². The van der Waals surface area contributed by atoms with Crippen LogP contribution in [0.15, 0.2) is 10.6 Å². The Morgan fingerprint density at radius 3 is 2.75 bits per heavy atom. The minimum atomic E-state index is -2.74. The summed E-state index contributed by atoms with van der Waals surface area (Å²) in [5.41, 5.74) is 1.28. The third-order valence-corrected chi connectivity index (χ3v) is 5.03. The third-order valence-electron chi connectivity index (χ3n) is 5.03. The molecule has 3 heterocycles. The zero-order valence-corrected chi connectivity index (χ0v) is 16.0. The fourth-order valence-corrected chi connectivity index (χ4v) is 3.33. The molecule has 3 rings (SSSR count). The molecule has 0 radical (unpaired) electrons. The Labute approximate surface area is 160 Å². The molecule has 1 fully saturated rings. The van der Waals surface area contributed by atoms with Gasteiger partial charge in [-0.1, -0.05) is 5.16 Å². The first-order valence-electron chi connectivity index (χ1n) is 9.08. The van der Waals surface area contributed by atoms with Crippen LogP contribution in [0.25, 0.3) is 0 Å². The molecule has 2 amide bonds. The van der Waals surface area contributed by atoms with Crippen LogP contribution in [-0.4, -0.2) is 44.2 Å². The summed E-state index contributed by atoms with van der Waals surface area (Å²) < 4.78 is 31.8. The van der Waals surface area contributed by atoms with Crippen LogP contribution in [0.3, 0.4) is 0 Å². The minimum Gasteiger partial charge on any atom is -0.361 e. The number of aryl methyl sites for hydroxylation is 3. The molecule has 0 saturated carbocycles. The Balaban J connectivity index is 1.63. The number of alkyl halides is 2. The molecule has 0 spiro atoms. The highest BCUT2D eigenvalue weighted by Gasteiger charge is 2.26. The van der Waals surface area contributed by atoms with Crippen LogP contribution in [0.5, 0.6) is 0 Å². The normalized spacial score (nSPS) is 17.9. The van der Waals surface area contributed by atoms with Crippen molar-refractivity contribution in [2.75, 3.05) is 6.54 Å². The van der Waals surface area contributed by atoms with Crippen LogP contribution in [0.4, 0.5) is 8.78 Å². The summed E-state index contributed by atoms with van der Waals surface area (Å²) in [6, 6.07) is 0.863. The molecule has 1 N–H and O–H groups in total. The fraction of sp³-hybridized carbons (Fsp3) is 0.556. The van der Waals surface area contributed by atoms with Crippen LogP contribution in [0, 0.1) is 13.8 Å². The zero-order valence-electron chi connectivity index (χ0n) is 16.0. The molecule has 10 heteroatoms. The summed E-state index contributed by atoms with van der Waals surface area (Å²) in [6.07, 6.45) is -1.38. The standard InChI is InChI=1S/C18H23F2N5O3/c1-10-13(11(2)28-23-10)9-25-7-6-12(4-5-16(25)26)21-18(27)15-8-14(17(19)20)22-24(15)3/h8,12,17H,4-7,9H2,1-3H3,(H,21,27). The van der Waals surface area contributed by atoms with Gasteiger partial charge in [-0.3, -0.25) is 14.3 Å². The van der Waals surface area contributed by atoms with Crippen molar-refractivity contribution >= 4 is 11.8 Å². The van der Waals surface area contributed by atoms with E-state index in [4.69, 9.17) is 4.52 Å². The van der Waals surface area contributed by atoms with Crippen molar-refractivity contribution < 1.29 is 22.9 Å². The van der Waals surface area contributed by atoms with Crippen LogP contribution in [-0.2, 0) is 18.4 Å². The van der Waals surface area contributed by atoms with Gasteiger partial charge in [0, 0.05) is 31.6 Å². The predicted octanol–water partition coefficient (Wildman–Crippen LogP) is 2.27. The predicted molar refractivity (Wildman–Crippen MR) is 94.7 cm³/mol. The Hall–Kier alpha value is -2.78. The second-order valence-corrected chi connectivity index (χ2v) is 6.99. The van der Waals surface area contributed by atoms with Crippen LogP contribution < -0.4 is 5.32 Å². The summed E-state index contributed by atoms with van der Waals surface area (Å²) in [6.45, 7) is 4.53. The number of carbonyl (C=O) groups is 2. The highest BCUT2D eigenvalue weighted by Crippen LogP contribution is 2.21. The Morgan fingerprint density at radius 2 is 2.14 bits per heavy atom. The molecule has 1 aliphatic heterocycles. The lowest BCUT2D eigenvalue weighted by Crippen LogP contribution is -2.36. The van der Waals surface area contributed by atoms with Gasteiger partial charge >= 0.3 is 0 Å². The molecule has 2 aromatic heterocycles. The van der Waals surface area contributed by atoms with Crippen molar-refractivity contribution in [3.05, 3.63) is 34.5 Å². The van der Waals surface area contributed by atoms with Crippen molar-refractivity contribution in [1.29, 1.82) is 0 Å². The molecule has 1 unspecified atom stereocenters. The van der Waals surface area contributed by atoms with E-state index in [1.54, 1.807) is 4.90 Å². The summed E-state index contributed by atoms with van der Waals surface area (Å²) in [5, 5.41) is 10.4. The average Bonchev–Trinajstić information content (AvgIpc) is 3.13. The summed E-state index contributed by atoms with van der Waals surface area (Å²) in [7, 11) is 1.45. The fourth-order valence-electron chi connectivity index (χ4n) is 3.33. The monoisotopic (exact) mass is 395 g/mol. The van der Waals surface area contributed by atoms with Crippen molar-refractivity contribution in [3.8, 4) is 0 Å². The number of hydrogen-bond acceptors (Lipinski definition) is 5. The Bertz CT molecular complexity index is 857. The minimum absolute atomic E-state index is 0.00253. The highest BCUT2D eigenvalue weighted by atomic mass is 19.3. The number of carbonyl (C=O) groups excluding carboxylic acids is 2. The molecule has 1 saturated heterocycles. The third kappa shape index (κ3) is 4.20. The molecule has 152 valence electrons. The molecular formula is C18H23F2N5O3. The number of halogens is 2. The quantitative estimate of drug-likeness (QED) is 0.838. The molecule has 0 bridgehead atoms. The number of rotatable bonds is 5. The van der Waals surface area contributed by atoms with Gasteiger partial charge in [-0.15, -0.1) is 0 Å². The molecule has 2 aromatic rings. The van der Waals surface area contributed by atoms with Crippen molar-refractivity contribution in [3.63, 3.8) is 0 Å². The van der Waals surface area contributed by atoms with E-state index >= 15 is 0 Å². The van der Waals surface area contributed by atoms with Crippen molar-refractivity contribution in [2.24, 2.45) is 7.05 Å². The van der Waals surface area contributed by atoms with E-state index in [1.165, 1.54) is 7.05 Å². The van der Waals surface area contributed by atoms with Crippen LogP contribution in [0.2, 0.25) is 0 Å². The van der Waals surface area contributed by atoms with Crippen molar-refractivity contribution in [1.82, 2.24) is 25.2 Å². The van der Waals surface area contributed by atoms with Gasteiger partial charge < -0.3 is 14.7 Å². The van der Waals surface area contributed by atoms with E-state index in [9.17, 15) is 18.4 Å². The van der Waals surface area contributed by atoms with E-state index in [2.05, 4.69) is 15.6 Å². The highest BCUT2D eigenvalue weighted by molar-refractivity contribution is 5.93. The molecule has 0 aliphatic carbocycles. The molecular weight excluding hydrogens is 372 g/mol. The van der Waals surface area contributed by atoms with Crippen LogP contribution in [0.1, 0.15) is 58.9 Å². The molecule has 28 heavy (non-hydrogen) atoms. The van der Waals surface area contributed by atoms with E-state index in [0.29, 0.717) is 38.1 Å². The van der Waals surface area contributed by atoms with Gasteiger partial charge in [0.1, 0.15) is 17.1 Å². The summed E-state index contributed by atoms with van der Waals surface area (Å²) in [4.78, 5) is 26.6. The maximum absolute atomic E-state index is 12.8. The second-order valence-electron chi connectivity index (χ2n) is 6.99. The number of nitrogens with one attached hydrogen (secondary N) is 1. The maximum atomic E-state index is 12.8. The average molecular weight is 395 g/mol. The smallest absolute Gasteiger partial charge is 0.282 e. The lowest BCUT2D eigenvalue weighted by Gasteiger charge is -2.21. The van der Waals surface area contributed by atoms with Gasteiger partial charge in [0.05, 0.1) is 12.2 Å². The van der Waals surface area contributed by atoms with Gasteiger partial charge in [0.15, 0.2) is 0 Å². The SMILES string of the molecule is Cc1noc(C)c1CN1CCC(NC(=O)c2cc(C(F)F)nn2C)CCC1=O. The van der Waals surface area contributed by atoms with E-state index in [0.717, 1.165) is 22.0 Å². The molecule has 1 aliphatic rings. The molecule has 0 aromatic carbocycles. The van der Waals surface area contributed by atoms with Gasteiger partial charge in [-0.05, 0) is 32.8 Å². The number of aromatic nitrogens is 3. The van der Waals surface area contributed by atoms with Gasteiger partial charge in [-0.2, -0.15) is 5.10 Å². The Kier molecular flexibility index (Phi) is 5.76. The van der Waals surface area contributed by atoms with E-state index < -0.39 is 18.0 Å². The lowest BCUT2D eigenvalue weighted by molar-refractivity contribution is -0.131. The first kappa shape index (κ1) is 20.0. The lowest BCUT2D eigenvalue weighted by atomic mass is 10.1. The first-order chi connectivity index (χ1) is 13.3. The van der Waals surface area contributed by atoms with E-state index in [1.807, 2.05) is 13.8 Å². The number of likely N-dealkylation sites (tertiary alicyclic amines) is 1. The maximum Gasteiger partial charge on any atom is 0.282 e. The van der Waals surface area contributed by atoms with Gasteiger partial charge in [0.2, 0.25) is 5.91 Å². The second kappa shape index (κ2) is 8.07. The van der Waals surface area contributed by atoms with Gasteiger partial charge in [-0.25, -0.2) is 8.78 Å².